The summed E-state index contributed by atoms with van der Waals surface area (Å²) in [5.74, 6) is -0.838. The number of carbonyl (C=O) groups excluding carboxylic acids is 1. The molecule has 1 aliphatic rings. The minimum absolute atomic E-state index is 0.0334. The van der Waals surface area contributed by atoms with Gasteiger partial charge in [0, 0.05) is 30.3 Å². The first-order valence-corrected chi connectivity index (χ1v) is 10.5. The molecular weight excluding hydrogens is 367 g/mol. The minimum Gasteiger partial charge on any atom is -0.348 e. The van der Waals surface area contributed by atoms with E-state index >= 15 is 0 Å². The molecule has 0 bridgehead atoms. The Morgan fingerprint density at radius 1 is 1.19 bits per heavy atom. The average Bonchev–Trinajstić information content (AvgIpc) is 2.67. The van der Waals surface area contributed by atoms with Crippen LogP contribution in [0.25, 0.3) is 0 Å². The molecule has 1 fully saturated rings. The summed E-state index contributed by atoms with van der Waals surface area (Å²) in [6, 6.07) is 12.1. The molecule has 5 nitrogen and oxygen atoms in total. The Labute approximate surface area is 159 Å². The maximum atomic E-state index is 13.7. The van der Waals surface area contributed by atoms with Gasteiger partial charge in [-0.15, -0.1) is 0 Å². The van der Waals surface area contributed by atoms with E-state index in [2.05, 4.69) is 5.32 Å². The molecule has 3 rings (SSSR count). The highest BCUT2D eigenvalue weighted by Crippen LogP contribution is 2.25. The van der Waals surface area contributed by atoms with Gasteiger partial charge in [-0.3, -0.25) is 4.79 Å². The van der Waals surface area contributed by atoms with E-state index in [0.717, 1.165) is 19.3 Å². The second-order valence-electron chi connectivity index (χ2n) is 6.76. The van der Waals surface area contributed by atoms with Crippen LogP contribution >= 0.6 is 0 Å². The molecule has 1 N–H and O–H groups in total. The van der Waals surface area contributed by atoms with Crippen LogP contribution in [0.15, 0.2) is 53.4 Å². The van der Waals surface area contributed by atoms with Gasteiger partial charge in [0.1, 0.15) is 5.82 Å². The Bertz CT molecular complexity index is 930. The van der Waals surface area contributed by atoms with Crippen molar-refractivity contribution in [1.82, 2.24) is 9.62 Å². The number of benzene rings is 2. The number of rotatable bonds is 5. The van der Waals surface area contributed by atoms with Crippen LogP contribution in [0, 0.1) is 5.82 Å². The molecule has 27 heavy (non-hydrogen) atoms. The van der Waals surface area contributed by atoms with Crippen LogP contribution in [0.1, 0.15) is 42.1 Å². The summed E-state index contributed by atoms with van der Waals surface area (Å²) < 4.78 is 41.1. The van der Waals surface area contributed by atoms with Crippen LogP contribution in [0.4, 0.5) is 4.39 Å². The summed E-state index contributed by atoms with van der Waals surface area (Å²) in [5.41, 5.74) is 0.605. The van der Waals surface area contributed by atoms with E-state index in [-0.39, 0.29) is 23.0 Å². The lowest BCUT2D eigenvalue weighted by Gasteiger charge is -2.32. The molecule has 0 aliphatic carbocycles. The fourth-order valence-electron chi connectivity index (χ4n) is 3.28. The molecule has 1 aliphatic heterocycles. The van der Waals surface area contributed by atoms with E-state index in [0.29, 0.717) is 12.1 Å². The third-order valence-corrected chi connectivity index (χ3v) is 6.85. The van der Waals surface area contributed by atoms with Gasteiger partial charge in [0.25, 0.3) is 5.91 Å². The first-order valence-electron chi connectivity index (χ1n) is 9.03. The topological polar surface area (TPSA) is 66.5 Å². The number of halogens is 1. The molecule has 1 atom stereocenters. The zero-order valence-corrected chi connectivity index (χ0v) is 16.0. The minimum atomic E-state index is -3.65. The number of amides is 1. The van der Waals surface area contributed by atoms with Crippen molar-refractivity contribution in [2.45, 2.75) is 43.7 Å². The monoisotopic (exact) mass is 390 g/mol. The average molecular weight is 390 g/mol. The van der Waals surface area contributed by atoms with Crippen LogP contribution < -0.4 is 5.32 Å². The van der Waals surface area contributed by atoms with Crippen molar-refractivity contribution in [3.8, 4) is 0 Å². The van der Waals surface area contributed by atoms with Crippen molar-refractivity contribution in [2.75, 3.05) is 6.54 Å². The standard InChI is InChI=1S/C20H23FN2O3S/c1-15-7-4-5-12-23(15)27(25,26)18-10-6-9-16(13-18)20(24)22-14-17-8-2-3-11-19(17)21/h2-3,6,8-11,13,15H,4-5,7,12,14H2,1H3,(H,22,24). The molecule has 0 radical (unpaired) electrons. The normalized spacial score (nSPS) is 18.2. The fourth-order valence-corrected chi connectivity index (χ4v) is 5.03. The predicted molar refractivity (Wildman–Crippen MR) is 101 cm³/mol. The van der Waals surface area contributed by atoms with Gasteiger partial charge in [-0.2, -0.15) is 4.31 Å². The number of hydrogen-bond acceptors (Lipinski definition) is 3. The van der Waals surface area contributed by atoms with Crippen molar-refractivity contribution < 1.29 is 17.6 Å². The molecule has 0 saturated carbocycles. The van der Waals surface area contributed by atoms with Crippen LogP contribution in [0.3, 0.4) is 0 Å². The first-order chi connectivity index (χ1) is 12.9. The fraction of sp³-hybridized carbons (Fsp3) is 0.350. The van der Waals surface area contributed by atoms with Crippen molar-refractivity contribution in [2.24, 2.45) is 0 Å². The third kappa shape index (κ3) is 4.36. The van der Waals surface area contributed by atoms with E-state index < -0.39 is 21.7 Å². The number of piperidine rings is 1. The Kier molecular flexibility index (Phi) is 5.92. The molecule has 1 amide bonds. The third-order valence-electron chi connectivity index (χ3n) is 4.84. The van der Waals surface area contributed by atoms with Gasteiger partial charge >= 0.3 is 0 Å². The Morgan fingerprint density at radius 3 is 2.70 bits per heavy atom. The predicted octanol–water partition coefficient (Wildman–Crippen LogP) is 3.32. The van der Waals surface area contributed by atoms with Gasteiger partial charge in [0.05, 0.1) is 4.90 Å². The van der Waals surface area contributed by atoms with Gasteiger partial charge in [-0.05, 0) is 44.0 Å². The summed E-state index contributed by atoms with van der Waals surface area (Å²) >= 11 is 0. The van der Waals surface area contributed by atoms with E-state index in [1.165, 1.54) is 22.5 Å². The molecule has 2 aromatic carbocycles. The Balaban J connectivity index is 1.76. The SMILES string of the molecule is CC1CCCCN1S(=O)(=O)c1cccc(C(=O)NCc2ccccc2F)c1. The van der Waals surface area contributed by atoms with Crippen LogP contribution in [-0.2, 0) is 16.6 Å². The van der Waals surface area contributed by atoms with Crippen molar-refractivity contribution in [3.63, 3.8) is 0 Å². The molecule has 1 unspecified atom stereocenters. The number of nitrogens with one attached hydrogen (secondary N) is 1. The van der Waals surface area contributed by atoms with Crippen LogP contribution in [-0.4, -0.2) is 31.2 Å². The van der Waals surface area contributed by atoms with Gasteiger partial charge in [0.15, 0.2) is 0 Å². The molecular formula is C20H23FN2O3S. The van der Waals surface area contributed by atoms with Crippen molar-refractivity contribution in [3.05, 3.63) is 65.5 Å². The maximum Gasteiger partial charge on any atom is 0.251 e. The summed E-state index contributed by atoms with van der Waals surface area (Å²) in [4.78, 5) is 12.5. The van der Waals surface area contributed by atoms with Gasteiger partial charge in [-0.1, -0.05) is 30.7 Å². The van der Waals surface area contributed by atoms with E-state index in [9.17, 15) is 17.6 Å². The van der Waals surface area contributed by atoms with Crippen LogP contribution in [0.5, 0.6) is 0 Å². The smallest absolute Gasteiger partial charge is 0.251 e. The highest BCUT2D eigenvalue weighted by molar-refractivity contribution is 7.89. The number of nitrogens with zero attached hydrogens (tertiary/aromatic N) is 1. The van der Waals surface area contributed by atoms with E-state index in [4.69, 9.17) is 0 Å². The molecule has 1 heterocycles. The lowest BCUT2D eigenvalue weighted by atomic mass is 10.1. The van der Waals surface area contributed by atoms with E-state index in [1.54, 1.807) is 30.3 Å². The second kappa shape index (κ2) is 8.19. The Morgan fingerprint density at radius 2 is 1.96 bits per heavy atom. The van der Waals surface area contributed by atoms with Gasteiger partial charge < -0.3 is 5.32 Å². The molecule has 144 valence electrons. The molecule has 2 aromatic rings. The molecule has 1 saturated heterocycles. The van der Waals surface area contributed by atoms with E-state index in [1.807, 2.05) is 6.92 Å². The number of carbonyl (C=O) groups is 1. The summed E-state index contributed by atoms with van der Waals surface area (Å²) in [6.45, 7) is 2.43. The van der Waals surface area contributed by atoms with Crippen LogP contribution in [0.2, 0.25) is 0 Å². The highest BCUT2D eigenvalue weighted by Gasteiger charge is 2.31. The molecule has 0 aromatic heterocycles. The zero-order valence-electron chi connectivity index (χ0n) is 15.2. The van der Waals surface area contributed by atoms with Gasteiger partial charge in [0.2, 0.25) is 10.0 Å². The lowest BCUT2D eigenvalue weighted by molar-refractivity contribution is 0.0950. The highest BCUT2D eigenvalue weighted by atomic mass is 32.2. The second-order valence-corrected chi connectivity index (χ2v) is 8.65. The summed E-state index contributed by atoms with van der Waals surface area (Å²) in [5, 5.41) is 2.64. The first kappa shape index (κ1) is 19.5. The maximum absolute atomic E-state index is 13.7. The van der Waals surface area contributed by atoms with Crippen molar-refractivity contribution in [1.29, 1.82) is 0 Å². The largest absolute Gasteiger partial charge is 0.348 e. The quantitative estimate of drug-likeness (QED) is 0.852. The summed E-state index contributed by atoms with van der Waals surface area (Å²) in [6.07, 6.45) is 2.69. The zero-order chi connectivity index (χ0) is 19.4. The Hall–Kier alpha value is -2.25. The number of sulfonamides is 1. The van der Waals surface area contributed by atoms with Gasteiger partial charge in [-0.25, -0.2) is 12.8 Å². The van der Waals surface area contributed by atoms with Crippen molar-refractivity contribution >= 4 is 15.9 Å². The molecule has 0 spiro atoms. The molecule has 7 heteroatoms. The lowest BCUT2D eigenvalue weighted by Crippen LogP contribution is -2.42. The number of hydrogen-bond donors (Lipinski definition) is 1. The summed E-state index contributed by atoms with van der Waals surface area (Å²) in [7, 11) is -3.65.